The fourth-order valence-electron chi connectivity index (χ4n) is 2.54. The zero-order chi connectivity index (χ0) is 18.8. The minimum Gasteiger partial charge on any atom is -0.504 e. The van der Waals surface area contributed by atoms with Crippen molar-refractivity contribution in [2.24, 2.45) is 4.99 Å². The zero-order valence-corrected chi connectivity index (χ0v) is 15.6. The summed E-state index contributed by atoms with van der Waals surface area (Å²) in [5.74, 6) is 2.22. The van der Waals surface area contributed by atoms with E-state index >= 15 is 0 Å². The van der Waals surface area contributed by atoms with Gasteiger partial charge in [0.05, 0.1) is 20.8 Å². The van der Waals surface area contributed by atoms with Crippen molar-refractivity contribution >= 4 is 5.96 Å². The number of phenolic OH excluding ortho intramolecular Hbond substituents is 1. The molecule has 0 aliphatic carbocycles. The number of aromatic hydroxyl groups is 1. The van der Waals surface area contributed by atoms with Crippen LogP contribution in [-0.2, 0) is 13.0 Å². The van der Waals surface area contributed by atoms with Gasteiger partial charge in [0.2, 0.25) is 0 Å². The van der Waals surface area contributed by atoms with Crippen LogP contribution in [0.5, 0.6) is 17.2 Å². The van der Waals surface area contributed by atoms with Crippen molar-refractivity contribution in [3.05, 3.63) is 53.6 Å². The summed E-state index contributed by atoms with van der Waals surface area (Å²) in [6.45, 7) is 4.06. The lowest BCUT2D eigenvalue weighted by atomic mass is 10.1. The molecule has 0 aliphatic rings. The van der Waals surface area contributed by atoms with Gasteiger partial charge in [-0.1, -0.05) is 24.3 Å². The van der Waals surface area contributed by atoms with Crippen LogP contribution >= 0.6 is 0 Å². The van der Waals surface area contributed by atoms with Crippen LogP contribution in [0.1, 0.15) is 18.1 Å². The molecule has 0 radical (unpaired) electrons. The average Bonchev–Trinajstić information content (AvgIpc) is 2.67. The topological polar surface area (TPSA) is 75.1 Å². The summed E-state index contributed by atoms with van der Waals surface area (Å²) >= 11 is 0. The molecule has 0 spiro atoms. The van der Waals surface area contributed by atoms with Gasteiger partial charge >= 0.3 is 0 Å². The Morgan fingerprint density at radius 1 is 1.04 bits per heavy atom. The van der Waals surface area contributed by atoms with Gasteiger partial charge in [0.25, 0.3) is 0 Å². The molecule has 2 rings (SSSR count). The average molecular weight is 357 g/mol. The summed E-state index contributed by atoms with van der Waals surface area (Å²) in [6.07, 6.45) is 0.787. The van der Waals surface area contributed by atoms with Crippen molar-refractivity contribution in [3.8, 4) is 17.2 Å². The fraction of sp³-hybridized carbons (Fsp3) is 0.350. The van der Waals surface area contributed by atoms with Crippen molar-refractivity contribution in [1.29, 1.82) is 0 Å². The number of methoxy groups -OCH3 is 2. The molecule has 0 heterocycles. The largest absolute Gasteiger partial charge is 0.504 e. The summed E-state index contributed by atoms with van der Waals surface area (Å²) in [6, 6.07) is 13.2. The molecule has 0 aliphatic heterocycles. The molecule has 0 saturated heterocycles. The second kappa shape index (κ2) is 10.2. The van der Waals surface area contributed by atoms with Gasteiger partial charge < -0.3 is 25.2 Å². The van der Waals surface area contributed by atoms with Crippen molar-refractivity contribution < 1.29 is 14.6 Å². The molecule has 0 atom stereocenters. The lowest BCUT2D eigenvalue weighted by molar-refractivity contribution is 0.373. The summed E-state index contributed by atoms with van der Waals surface area (Å²) in [5, 5.41) is 16.2. The molecular formula is C20H27N3O3. The Kier molecular flexibility index (Phi) is 7.61. The van der Waals surface area contributed by atoms with Crippen LogP contribution in [0.3, 0.4) is 0 Å². The van der Waals surface area contributed by atoms with E-state index in [1.807, 2.05) is 43.3 Å². The van der Waals surface area contributed by atoms with Crippen LogP contribution in [0.2, 0.25) is 0 Å². The van der Waals surface area contributed by atoms with E-state index in [0.29, 0.717) is 18.8 Å². The first-order chi connectivity index (χ1) is 12.7. The molecule has 140 valence electrons. The molecule has 0 aromatic heterocycles. The van der Waals surface area contributed by atoms with E-state index in [2.05, 4.69) is 15.6 Å². The number of benzene rings is 2. The van der Waals surface area contributed by atoms with Gasteiger partial charge in [-0.15, -0.1) is 0 Å². The number of nitrogens with one attached hydrogen (secondary N) is 2. The second-order valence-corrected chi connectivity index (χ2v) is 5.69. The van der Waals surface area contributed by atoms with Crippen molar-refractivity contribution in [2.45, 2.75) is 19.9 Å². The first kappa shape index (κ1) is 19.4. The molecule has 0 amide bonds. The SMILES string of the molecule is CCNC(=NCc1ccccc1OC)NCCc1ccc(O)c(OC)c1. The Morgan fingerprint density at radius 2 is 1.81 bits per heavy atom. The molecule has 26 heavy (non-hydrogen) atoms. The molecule has 0 saturated carbocycles. The number of ether oxygens (including phenoxy) is 2. The van der Waals surface area contributed by atoms with Crippen LogP contribution in [0.4, 0.5) is 0 Å². The van der Waals surface area contributed by atoms with Crippen LogP contribution < -0.4 is 20.1 Å². The molecule has 0 bridgehead atoms. The highest BCUT2D eigenvalue weighted by Crippen LogP contribution is 2.26. The molecule has 6 heteroatoms. The van der Waals surface area contributed by atoms with Crippen molar-refractivity contribution in [3.63, 3.8) is 0 Å². The normalized spacial score (nSPS) is 11.1. The Morgan fingerprint density at radius 3 is 2.54 bits per heavy atom. The van der Waals surface area contributed by atoms with E-state index < -0.39 is 0 Å². The number of phenols is 1. The molecule has 2 aromatic carbocycles. The van der Waals surface area contributed by atoms with E-state index in [9.17, 15) is 5.11 Å². The third kappa shape index (κ3) is 5.58. The van der Waals surface area contributed by atoms with Crippen LogP contribution in [-0.4, -0.2) is 38.4 Å². The van der Waals surface area contributed by atoms with E-state index in [1.165, 1.54) is 0 Å². The monoisotopic (exact) mass is 357 g/mol. The smallest absolute Gasteiger partial charge is 0.191 e. The van der Waals surface area contributed by atoms with Crippen molar-refractivity contribution in [1.82, 2.24) is 10.6 Å². The van der Waals surface area contributed by atoms with Crippen LogP contribution in [0.15, 0.2) is 47.5 Å². The molecule has 3 N–H and O–H groups in total. The lowest BCUT2D eigenvalue weighted by Crippen LogP contribution is -2.38. The Hall–Kier alpha value is -2.89. The minimum absolute atomic E-state index is 0.149. The number of guanidine groups is 1. The maximum Gasteiger partial charge on any atom is 0.191 e. The van der Waals surface area contributed by atoms with Gasteiger partial charge in [-0.25, -0.2) is 4.99 Å². The number of para-hydroxylation sites is 1. The van der Waals surface area contributed by atoms with Gasteiger partial charge in [-0.05, 0) is 37.1 Å². The van der Waals surface area contributed by atoms with Crippen molar-refractivity contribution in [2.75, 3.05) is 27.3 Å². The summed E-state index contributed by atoms with van der Waals surface area (Å²) in [4.78, 5) is 4.62. The summed E-state index contributed by atoms with van der Waals surface area (Å²) in [7, 11) is 3.21. The number of nitrogens with zero attached hydrogens (tertiary/aromatic N) is 1. The zero-order valence-electron chi connectivity index (χ0n) is 15.6. The van der Waals surface area contributed by atoms with Gasteiger partial charge in [-0.3, -0.25) is 0 Å². The molecule has 0 fully saturated rings. The predicted molar refractivity (Wildman–Crippen MR) is 104 cm³/mol. The third-order valence-corrected chi connectivity index (χ3v) is 3.89. The Balaban J connectivity index is 1.95. The van der Waals surface area contributed by atoms with E-state index in [4.69, 9.17) is 9.47 Å². The van der Waals surface area contributed by atoms with E-state index in [0.717, 1.165) is 35.8 Å². The van der Waals surface area contributed by atoms with E-state index in [-0.39, 0.29) is 5.75 Å². The van der Waals surface area contributed by atoms with E-state index in [1.54, 1.807) is 20.3 Å². The number of hydrogen-bond donors (Lipinski definition) is 3. The number of rotatable bonds is 8. The Bertz CT molecular complexity index is 732. The van der Waals surface area contributed by atoms with Gasteiger partial charge in [0.15, 0.2) is 17.5 Å². The third-order valence-electron chi connectivity index (χ3n) is 3.89. The first-order valence-corrected chi connectivity index (χ1v) is 8.67. The van der Waals surface area contributed by atoms with Gasteiger partial charge in [0.1, 0.15) is 5.75 Å². The van der Waals surface area contributed by atoms with Crippen LogP contribution in [0.25, 0.3) is 0 Å². The molecule has 0 unspecified atom stereocenters. The number of aliphatic imine (C=N–C) groups is 1. The summed E-state index contributed by atoms with van der Waals surface area (Å²) in [5.41, 5.74) is 2.11. The van der Waals surface area contributed by atoms with Gasteiger partial charge in [0, 0.05) is 18.7 Å². The highest BCUT2D eigenvalue weighted by Gasteiger charge is 2.04. The second-order valence-electron chi connectivity index (χ2n) is 5.69. The maximum absolute atomic E-state index is 9.66. The quantitative estimate of drug-likeness (QED) is 0.500. The Labute approximate surface area is 154 Å². The highest BCUT2D eigenvalue weighted by molar-refractivity contribution is 5.79. The molecule has 2 aromatic rings. The van der Waals surface area contributed by atoms with Crippen LogP contribution in [0, 0.1) is 0 Å². The fourth-order valence-corrected chi connectivity index (χ4v) is 2.54. The summed E-state index contributed by atoms with van der Waals surface area (Å²) < 4.78 is 10.5. The highest BCUT2D eigenvalue weighted by atomic mass is 16.5. The molecular weight excluding hydrogens is 330 g/mol. The lowest BCUT2D eigenvalue weighted by Gasteiger charge is -2.12. The standard InChI is InChI=1S/C20H27N3O3/c1-4-21-20(23-14-16-7-5-6-8-18(16)25-2)22-12-11-15-9-10-17(24)19(13-15)26-3/h5-10,13,24H,4,11-12,14H2,1-3H3,(H2,21,22,23). The maximum atomic E-state index is 9.66. The molecule has 6 nitrogen and oxygen atoms in total. The predicted octanol–water partition coefficient (Wildman–Crippen LogP) is 2.71. The minimum atomic E-state index is 0.149. The number of hydrogen-bond acceptors (Lipinski definition) is 4. The first-order valence-electron chi connectivity index (χ1n) is 8.67. The van der Waals surface area contributed by atoms with Gasteiger partial charge in [-0.2, -0.15) is 0 Å².